The number of nitrogens with zero attached hydrogens (tertiary/aromatic N) is 2. The molecule has 15 heavy (non-hydrogen) atoms. The minimum absolute atomic E-state index is 0. The van der Waals surface area contributed by atoms with E-state index >= 15 is 0 Å². The van der Waals surface area contributed by atoms with Crippen LogP contribution in [-0.4, -0.2) is 30.1 Å². The number of halogens is 1. The van der Waals surface area contributed by atoms with Gasteiger partial charge in [-0.25, -0.2) is 4.98 Å². The third kappa shape index (κ3) is 3.94. The monoisotopic (exact) mass is 338 g/mol. The fourth-order valence-corrected chi connectivity index (χ4v) is 1.94. The standard InChI is InChI=1S/C9H14N4S.HI/c1-7-6-12-9(13-7)11-3-2-8-10-4-5-14-8;/h4-5,7H,2-3,6H2,1H3,(H2,11,12,13);1H. The maximum atomic E-state index is 4.31. The molecule has 0 saturated heterocycles. The van der Waals surface area contributed by atoms with Crippen LogP contribution in [0.25, 0.3) is 0 Å². The van der Waals surface area contributed by atoms with Crippen molar-refractivity contribution < 1.29 is 0 Å². The Balaban J connectivity index is 0.00000112. The van der Waals surface area contributed by atoms with Gasteiger partial charge in [-0.2, -0.15) is 0 Å². The zero-order chi connectivity index (χ0) is 9.80. The highest BCUT2D eigenvalue weighted by atomic mass is 127. The molecule has 1 aliphatic heterocycles. The summed E-state index contributed by atoms with van der Waals surface area (Å²) in [6, 6.07) is 0.470. The molecule has 2 heterocycles. The van der Waals surface area contributed by atoms with E-state index in [0.717, 1.165) is 25.5 Å². The fraction of sp³-hybridized carbons (Fsp3) is 0.556. The summed E-state index contributed by atoms with van der Waals surface area (Å²) in [5.74, 6) is 0.925. The second-order valence-electron chi connectivity index (χ2n) is 3.34. The van der Waals surface area contributed by atoms with Crippen LogP contribution in [-0.2, 0) is 6.42 Å². The highest BCUT2D eigenvalue weighted by Crippen LogP contribution is 2.03. The summed E-state index contributed by atoms with van der Waals surface area (Å²) in [5, 5.41) is 9.68. The molecular weight excluding hydrogens is 323 g/mol. The Morgan fingerprint density at radius 2 is 2.53 bits per heavy atom. The van der Waals surface area contributed by atoms with Crippen LogP contribution < -0.4 is 10.6 Å². The summed E-state index contributed by atoms with van der Waals surface area (Å²) in [5.41, 5.74) is 0. The molecule has 2 rings (SSSR count). The van der Waals surface area contributed by atoms with E-state index in [1.54, 1.807) is 11.3 Å². The van der Waals surface area contributed by atoms with Crippen molar-refractivity contribution in [3.8, 4) is 0 Å². The van der Waals surface area contributed by atoms with Gasteiger partial charge >= 0.3 is 0 Å². The van der Waals surface area contributed by atoms with E-state index in [9.17, 15) is 0 Å². The molecule has 0 saturated carbocycles. The van der Waals surface area contributed by atoms with Gasteiger partial charge in [0, 0.05) is 30.6 Å². The van der Waals surface area contributed by atoms with Crippen LogP contribution >= 0.6 is 35.3 Å². The molecule has 2 N–H and O–H groups in total. The van der Waals surface area contributed by atoms with Gasteiger partial charge in [0.2, 0.25) is 0 Å². The Morgan fingerprint density at radius 1 is 1.67 bits per heavy atom. The molecule has 1 aromatic heterocycles. The van der Waals surface area contributed by atoms with Crippen LogP contribution in [0.2, 0.25) is 0 Å². The highest BCUT2D eigenvalue weighted by molar-refractivity contribution is 14.0. The van der Waals surface area contributed by atoms with Gasteiger partial charge in [-0.05, 0) is 6.92 Å². The van der Waals surface area contributed by atoms with Gasteiger partial charge < -0.3 is 10.6 Å². The molecule has 0 aliphatic carbocycles. The summed E-state index contributed by atoms with van der Waals surface area (Å²) < 4.78 is 0. The SMILES string of the molecule is CC1CN=C(NCCc2nccs2)N1.I. The molecule has 1 unspecified atom stereocenters. The van der Waals surface area contributed by atoms with Gasteiger partial charge in [0.25, 0.3) is 0 Å². The van der Waals surface area contributed by atoms with Gasteiger partial charge in [-0.15, -0.1) is 35.3 Å². The van der Waals surface area contributed by atoms with Crippen molar-refractivity contribution >= 4 is 41.3 Å². The Morgan fingerprint density at radius 3 is 3.13 bits per heavy atom. The van der Waals surface area contributed by atoms with Gasteiger partial charge in [-0.3, -0.25) is 4.99 Å². The molecule has 0 bridgehead atoms. The summed E-state index contributed by atoms with van der Waals surface area (Å²) in [7, 11) is 0. The van der Waals surface area contributed by atoms with E-state index in [4.69, 9.17) is 0 Å². The maximum Gasteiger partial charge on any atom is 0.191 e. The van der Waals surface area contributed by atoms with E-state index in [0.29, 0.717) is 6.04 Å². The van der Waals surface area contributed by atoms with E-state index in [1.165, 1.54) is 5.01 Å². The Labute approximate surface area is 111 Å². The van der Waals surface area contributed by atoms with E-state index in [1.807, 2.05) is 11.6 Å². The first-order valence-corrected chi connectivity index (χ1v) is 5.66. The topological polar surface area (TPSA) is 49.3 Å². The van der Waals surface area contributed by atoms with Crippen LogP contribution in [0, 0.1) is 0 Å². The predicted octanol–water partition coefficient (Wildman–Crippen LogP) is 1.24. The Kier molecular flexibility index (Phi) is 5.30. The van der Waals surface area contributed by atoms with Gasteiger partial charge in [0.15, 0.2) is 5.96 Å². The lowest BCUT2D eigenvalue weighted by atomic mass is 10.4. The Hall–Kier alpha value is -0.370. The van der Waals surface area contributed by atoms with Crippen molar-refractivity contribution in [3.05, 3.63) is 16.6 Å². The molecule has 1 aliphatic rings. The minimum atomic E-state index is 0. The highest BCUT2D eigenvalue weighted by Gasteiger charge is 2.11. The van der Waals surface area contributed by atoms with Crippen LogP contribution in [0.5, 0.6) is 0 Å². The average Bonchev–Trinajstić information content (AvgIpc) is 2.77. The molecule has 4 nitrogen and oxygen atoms in total. The first-order valence-electron chi connectivity index (χ1n) is 4.78. The molecular formula is C9H15IN4S. The molecule has 0 spiro atoms. The molecule has 0 amide bonds. The molecule has 0 aromatic carbocycles. The lowest BCUT2D eigenvalue weighted by Crippen LogP contribution is -2.38. The Bertz CT molecular complexity index is 312. The predicted molar refractivity (Wildman–Crippen MR) is 74.1 cm³/mol. The van der Waals surface area contributed by atoms with Crippen molar-refractivity contribution in [2.24, 2.45) is 4.99 Å². The number of thiazole rings is 1. The molecule has 6 heteroatoms. The summed E-state index contributed by atoms with van der Waals surface area (Å²) >= 11 is 1.69. The van der Waals surface area contributed by atoms with Gasteiger partial charge in [0.05, 0.1) is 11.6 Å². The maximum absolute atomic E-state index is 4.31. The number of rotatable bonds is 3. The van der Waals surface area contributed by atoms with Gasteiger partial charge in [0.1, 0.15) is 0 Å². The summed E-state index contributed by atoms with van der Waals surface area (Å²) in [4.78, 5) is 8.53. The van der Waals surface area contributed by atoms with Crippen molar-refractivity contribution in [2.45, 2.75) is 19.4 Å². The number of nitrogens with one attached hydrogen (secondary N) is 2. The van der Waals surface area contributed by atoms with Crippen LogP contribution in [0.15, 0.2) is 16.6 Å². The third-order valence-corrected chi connectivity index (χ3v) is 2.86. The normalized spacial score (nSPS) is 19.0. The number of hydrogen-bond donors (Lipinski definition) is 2. The van der Waals surface area contributed by atoms with E-state index in [2.05, 4.69) is 27.5 Å². The smallest absolute Gasteiger partial charge is 0.191 e. The number of hydrogen-bond acceptors (Lipinski definition) is 5. The first kappa shape index (κ1) is 12.7. The number of aromatic nitrogens is 1. The number of guanidine groups is 1. The molecule has 1 aromatic rings. The quantitative estimate of drug-likeness (QED) is 0.816. The van der Waals surface area contributed by atoms with Crippen molar-refractivity contribution in [3.63, 3.8) is 0 Å². The second kappa shape index (κ2) is 6.26. The first-order chi connectivity index (χ1) is 6.84. The van der Waals surface area contributed by atoms with E-state index < -0.39 is 0 Å². The van der Waals surface area contributed by atoms with E-state index in [-0.39, 0.29) is 24.0 Å². The molecule has 0 fully saturated rings. The summed E-state index contributed by atoms with van der Waals surface area (Å²) in [6.45, 7) is 3.89. The van der Waals surface area contributed by atoms with Crippen molar-refractivity contribution in [1.82, 2.24) is 15.6 Å². The second-order valence-corrected chi connectivity index (χ2v) is 4.32. The zero-order valence-electron chi connectivity index (χ0n) is 8.56. The molecule has 1 atom stereocenters. The number of aliphatic imine (C=N–C) groups is 1. The van der Waals surface area contributed by atoms with Gasteiger partial charge in [-0.1, -0.05) is 0 Å². The average molecular weight is 338 g/mol. The van der Waals surface area contributed by atoms with Crippen LogP contribution in [0.3, 0.4) is 0 Å². The lowest BCUT2D eigenvalue weighted by molar-refractivity contribution is 0.712. The van der Waals surface area contributed by atoms with Crippen LogP contribution in [0.1, 0.15) is 11.9 Å². The summed E-state index contributed by atoms with van der Waals surface area (Å²) in [6.07, 6.45) is 2.81. The molecule has 84 valence electrons. The zero-order valence-corrected chi connectivity index (χ0v) is 11.7. The van der Waals surface area contributed by atoms with Crippen molar-refractivity contribution in [1.29, 1.82) is 0 Å². The van der Waals surface area contributed by atoms with Crippen molar-refractivity contribution in [2.75, 3.05) is 13.1 Å². The fourth-order valence-electron chi connectivity index (χ4n) is 1.32. The lowest BCUT2D eigenvalue weighted by Gasteiger charge is -2.07. The van der Waals surface area contributed by atoms with Crippen LogP contribution in [0.4, 0.5) is 0 Å². The largest absolute Gasteiger partial charge is 0.356 e. The minimum Gasteiger partial charge on any atom is -0.356 e. The third-order valence-electron chi connectivity index (χ3n) is 2.02. The molecule has 0 radical (unpaired) electrons.